The first-order valence-corrected chi connectivity index (χ1v) is 11.1. The van der Waals surface area contributed by atoms with Gasteiger partial charge in [0.15, 0.2) is 0 Å². The van der Waals surface area contributed by atoms with E-state index in [-0.39, 0.29) is 10.8 Å². The van der Waals surface area contributed by atoms with E-state index < -0.39 is 10.0 Å². The highest BCUT2D eigenvalue weighted by Crippen LogP contribution is 2.22. The lowest BCUT2D eigenvalue weighted by molar-refractivity contribution is 0.0746. The molecule has 2 fully saturated rings. The van der Waals surface area contributed by atoms with Crippen LogP contribution in [0.5, 0.6) is 0 Å². The van der Waals surface area contributed by atoms with Crippen LogP contribution < -0.4 is 4.90 Å². The van der Waals surface area contributed by atoms with Crippen LogP contribution in [0.4, 0.5) is 5.82 Å². The van der Waals surface area contributed by atoms with Crippen LogP contribution in [0.2, 0.25) is 0 Å². The molecule has 8 heteroatoms. The number of benzene rings is 1. The van der Waals surface area contributed by atoms with E-state index in [1.54, 1.807) is 12.1 Å². The van der Waals surface area contributed by atoms with Gasteiger partial charge in [-0.1, -0.05) is 18.2 Å². The highest BCUT2D eigenvalue weighted by molar-refractivity contribution is 7.89. The van der Waals surface area contributed by atoms with Gasteiger partial charge in [0.05, 0.1) is 0 Å². The summed E-state index contributed by atoms with van der Waals surface area (Å²) in [6, 6.07) is 12.7. The molecule has 2 aliphatic heterocycles. The predicted molar refractivity (Wildman–Crippen MR) is 107 cm³/mol. The molecular weight excluding hydrogens is 376 g/mol. The van der Waals surface area contributed by atoms with Crippen LogP contribution in [-0.4, -0.2) is 67.8 Å². The summed E-state index contributed by atoms with van der Waals surface area (Å²) in [6.07, 6.45) is 3.28. The Morgan fingerprint density at radius 1 is 0.857 bits per heavy atom. The molecular formula is C20H24N4O3S. The van der Waals surface area contributed by atoms with Crippen molar-refractivity contribution < 1.29 is 13.2 Å². The first-order valence-electron chi connectivity index (χ1n) is 9.61. The topological polar surface area (TPSA) is 73.8 Å². The number of piperazine rings is 1. The molecule has 0 bridgehead atoms. The molecule has 148 valence electrons. The maximum atomic E-state index is 12.6. The molecule has 4 rings (SSSR count). The van der Waals surface area contributed by atoms with Crippen LogP contribution in [0, 0.1) is 0 Å². The van der Waals surface area contributed by atoms with Gasteiger partial charge in [-0.2, -0.15) is 4.31 Å². The third-order valence-corrected chi connectivity index (χ3v) is 7.22. The SMILES string of the molecule is O=C(c1ccccc1)N1CCN(c2ccc(S(=O)(=O)N3CCCC3)cn2)CC1. The highest BCUT2D eigenvalue weighted by atomic mass is 32.2. The number of hydrogen-bond donors (Lipinski definition) is 0. The number of sulfonamides is 1. The van der Waals surface area contributed by atoms with E-state index in [1.807, 2.05) is 35.2 Å². The number of nitrogens with zero attached hydrogens (tertiary/aromatic N) is 4. The first kappa shape index (κ1) is 18.9. The zero-order chi connectivity index (χ0) is 19.6. The lowest BCUT2D eigenvalue weighted by Crippen LogP contribution is -2.49. The molecule has 7 nitrogen and oxygen atoms in total. The van der Waals surface area contributed by atoms with Crippen LogP contribution >= 0.6 is 0 Å². The van der Waals surface area contributed by atoms with Crippen molar-refractivity contribution in [1.29, 1.82) is 0 Å². The molecule has 0 aliphatic carbocycles. The second kappa shape index (κ2) is 7.89. The summed E-state index contributed by atoms with van der Waals surface area (Å²) in [7, 11) is -3.44. The molecule has 3 heterocycles. The minimum atomic E-state index is -3.44. The Bertz CT molecular complexity index is 918. The molecule has 0 atom stereocenters. The van der Waals surface area contributed by atoms with E-state index in [9.17, 15) is 13.2 Å². The van der Waals surface area contributed by atoms with Gasteiger partial charge < -0.3 is 9.80 Å². The van der Waals surface area contributed by atoms with Gasteiger partial charge >= 0.3 is 0 Å². The Kier molecular flexibility index (Phi) is 5.32. The highest BCUT2D eigenvalue weighted by Gasteiger charge is 2.28. The minimum Gasteiger partial charge on any atom is -0.353 e. The number of pyridine rings is 1. The van der Waals surface area contributed by atoms with E-state index in [0.717, 1.165) is 18.7 Å². The van der Waals surface area contributed by atoms with Crippen LogP contribution in [0.1, 0.15) is 23.2 Å². The summed E-state index contributed by atoms with van der Waals surface area (Å²) in [6.45, 7) is 3.74. The molecule has 0 spiro atoms. The second-order valence-corrected chi connectivity index (χ2v) is 9.05. The van der Waals surface area contributed by atoms with E-state index in [0.29, 0.717) is 44.8 Å². The van der Waals surface area contributed by atoms with Gasteiger partial charge in [-0.15, -0.1) is 0 Å². The molecule has 0 N–H and O–H groups in total. The Morgan fingerprint density at radius 2 is 1.54 bits per heavy atom. The Labute approximate surface area is 165 Å². The fraction of sp³-hybridized carbons (Fsp3) is 0.400. The van der Waals surface area contributed by atoms with Crippen molar-refractivity contribution in [3.05, 3.63) is 54.2 Å². The Morgan fingerprint density at radius 3 is 2.14 bits per heavy atom. The zero-order valence-electron chi connectivity index (χ0n) is 15.7. The monoisotopic (exact) mass is 400 g/mol. The average Bonchev–Trinajstić information content (AvgIpc) is 3.30. The summed E-state index contributed by atoms with van der Waals surface area (Å²) in [4.78, 5) is 21.1. The summed E-state index contributed by atoms with van der Waals surface area (Å²) < 4.78 is 26.7. The van der Waals surface area contributed by atoms with Crippen molar-refractivity contribution >= 4 is 21.7 Å². The fourth-order valence-corrected chi connectivity index (χ4v) is 5.15. The number of carbonyl (C=O) groups excluding carboxylic acids is 1. The summed E-state index contributed by atoms with van der Waals surface area (Å²) in [5, 5.41) is 0. The molecule has 1 aromatic carbocycles. The minimum absolute atomic E-state index is 0.0419. The van der Waals surface area contributed by atoms with Crippen LogP contribution in [-0.2, 0) is 10.0 Å². The van der Waals surface area contributed by atoms with Gasteiger partial charge in [0.1, 0.15) is 10.7 Å². The standard InChI is InChI=1S/C20H24N4O3S/c25-20(17-6-2-1-3-7-17)23-14-12-22(13-15-23)19-9-8-18(16-21-19)28(26,27)24-10-4-5-11-24/h1-3,6-9,16H,4-5,10-15H2. The molecule has 0 radical (unpaired) electrons. The maximum Gasteiger partial charge on any atom is 0.253 e. The molecule has 0 unspecified atom stereocenters. The van der Waals surface area contributed by atoms with E-state index in [1.165, 1.54) is 10.5 Å². The van der Waals surface area contributed by atoms with Crippen molar-refractivity contribution in [2.45, 2.75) is 17.7 Å². The van der Waals surface area contributed by atoms with E-state index >= 15 is 0 Å². The first-order chi connectivity index (χ1) is 13.6. The lowest BCUT2D eigenvalue weighted by atomic mass is 10.2. The Hall–Kier alpha value is -2.45. The van der Waals surface area contributed by atoms with Crippen LogP contribution in [0.3, 0.4) is 0 Å². The van der Waals surface area contributed by atoms with Gasteiger partial charge in [0, 0.05) is 51.0 Å². The van der Waals surface area contributed by atoms with Gasteiger partial charge in [0.2, 0.25) is 10.0 Å². The maximum absolute atomic E-state index is 12.6. The Balaban J connectivity index is 1.39. The molecule has 0 saturated carbocycles. The van der Waals surface area contributed by atoms with Gasteiger partial charge in [-0.25, -0.2) is 13.4 Å². The number of aromatic nitrogens is 1. The van der Waals surface area contributed by atoms with E-state index in [4.69, 9.17) is 0 Å². The molecule has 2 saturated heterocycles. The van der Waals surface area contributed by atoms with Crippen molar-refractivity contribution in [1.82, 2.24) is 14.2 Å². The predicted octanol–water partition coefficient (Wildman–Crippen LogP) is 1.83. The van der Waals surface area contributed by atoms with Crippen LogP contribution in [0.25, 0.3) is 0 Å². The average molecular weight is 401 g/mol. The molecule has 28 heavy (non-hydrogen) atoms. The number of rotatable bonds is 4. The quantitative estimate of drug-likeness (QED) is 0.783. The van der Waals surface area contributed by atoms with Crippen molar-refractivity contribution in [2.24, 2.45) is 0 Å². The number of carbonyl (C=O) groups is 1. The van der Waals surface area contributed by atoms with Crippen molar-refractivity contribution in [3.63, 3.8) is 0 Å². The smallest absolute Gasteiger partial charge is 0.253 e. The normalized spacial score (nSPS) is 18.4. The molecule has 2 aliphatic rings. The number of amides is 1. The molecule has 2 aromatic rings. The largest absolute Gasteiger partial charge is 0.353 e. The lowest BCUT2D eigenvalue weighted by Gasteiger charge is -2.35. The van der Waals surface area contributed by atoms with Crippen LogP contribution in [0.15, 0.2) is 53.6 Å². The van der Waals surface area contributed by atoms with Gasteiger partial charge in [-0.3, -0.25) is 4.79 Å². The van der Waals surface area contributed by atoms with Gasteiger partial charge in [0.25, 0.3) is 5.91 Å². The second-order valence-electron chi connectivity index (χ2n) is 7.11. The number of hydrogen-bond acceptors (Lipinski definition) is 5. The third-order valence-electron chi connectivity index (χ3n) is 5.34. The summed E-state index contributed by atoms with van der Waals surface area (Å²) >= 11 is 0. The van der Waals surface area contributed by atoms with Crippen molar-refractivity contribution in [3.8, 4) is 0 Å². The molecule has 1 amide bonds. The molecule has 1 aromatic heterocycles. The van der Waals surface area contributed by atoms with E-state index in [2.05, 4.69) is 9.88 Å². The third kappa shape index (κ3) is 3.74. The van der Waals surface area contributed by atoms with Gasteiger partial charge in [-0.05, 0) is 37.1 Å². The van der Waals surface area contributed by atoms with Crippen molar-refractivity contribution in [2.75, 3.05) is 44.2 Å². The summed E-state index contributed by atoms with van der Waals surface area (Å²) in [5.74, 6) is 0.785. The number of anilines is 1. The fourth-order valence-electron chi connectivity index (χ4n) is 3.69. The zero-order valence-corrected chi connectivity index (χ0v) is 16.5. The summed E-state index contributed by atoms with van der Waals surface area (Å²) in [5.41, 5.74) is 0.700.